The molecule has 4 aliphatic carbocycles. The summed E-state index contributed by atoms with van der Waals surface area (Å²) in [6.45, 7) is 1.99. The maximum absolute atomic E-state index is 15.0. The Labute approximate surface area is 199 Å². The molecular formula is C26H34FN3O4. The van der Waals surface area contributed by atoms with Crippen LogP contribution in [0.15, 0.2) is 18.2 Å². The number of benzene rings is 1. The van der Waals surface area contributed by atoms with Gasteiger partial charge in [0.1, 0.15) is 11.6 Å². The van der Waals surface area contributed by atoms with Crippen LogP contribution in [0, 0.1) is 29.0 Å². The lowest BCUT2D eigenvalue weighted by atomic mass is 9.51. The van der Waals surface area contributed by atoms with Crippen LogP contribution >= 0.6 is 0 Å². The molecule has 2 N–H and O–H groups in total. The Morgan fingerprint density at radius 1 is 1.18 bits per heavy atom. The van der Waals surface area contributed by atoms with E-state index in [9.17, 15) is 14.7 Å². The third kappa shape index (κ3) is 3.32. The number of halogens is 1. The number of rotatable bonds is 3. The van der Waals surface area contributed by atoms with Gasteiger partial charge in [-0.1, -0.05) is 0 Å². The van der Waals surface area contributed by atoms with Gasteiger partial charge in [-0.2, -0.15) is 0 Å². The molecule has 6 fully saturated rings. The first-order valence-corrected chi connectivity index (χ1v) is 12.8. The van der Waals surface area contributed by atoms with Gasteiger partial charge in [0.05, 0.1) is 17.2 Å². The molecule has 2 heterocycles. The highest BCUT2D eigenvalue weighted by Crippen LogP contribution is 2.59. The summed E-state index contributed by atoms with van der Waals surface area (Å²) in [5.74, 6) is 1.26. The molecule has 34 heavy (non-hydrogen) atoms. The highest BCUT2D eigenvalue weighted by Gasteiger charge is 2.62. The van der Waals surface area contributed by atoms with Crippen molar-refractivity contribution in [2.24, 2.45) is 23.2 Å². The normalized spacial score (nSPS) is 38.6. The average molecular weight is 472 g/mol. The molecule has 0 aromatic heterocycles. The topological polar surface area (TPSA) is 82.1 Å². The van der Waals surface area contributed by atoms with Crippen LogP contribution in [0.25, 0.3) is 0 Å². The molecule has 8 heteroatoms. The summed E-state index contributed by atoms with van der Waals surface area (Å²) >= 11 is 0. The molecule has 7 nitrogen and oxygen atoms in total. The molecule has 1 aromatic carbocycles. The molecule has 7 rings (SSSR count). The van der Waals surface area contributed by atoms with Crippen molar-refractivity contribution >= 4 is 17.7 Å². The van der Waals surface area contributed by atoms with Crippen LogP contribution in [0.1, 0.15) is 51.4 Å². The van der Waals surface area contributed by atoms with Gasteiger partial charge in [0.15, 0.2) is 0 Å². The second-order valence-corrected chi connectivity index (χ2v) is 11.4. The molecule has 3 atom stereocenters. The lowest BCUT2D eigenvalue weighted by molar-refractivity contribution is -0.167. The van der Waals surface area contributed by atoms with Crippen molar-refractivity contribution in [1.29, 1.82) is 0 Å². The van der Waals surface area contributed by atoms with Gasteiger partial charge >= 0.3 is 6.09 Å². The molecule has 4 saturated carbocycles. The number of nitrogens with zero attached hydrogens (tertiary/aromatic N) is 2. The second-order valence-electron chi connectivity index (χ2n) is 11.4. The summed E-state index contributed by atoms with van der Waals surface area (Å²) < 4.78 is 20.1. The third-order valence-corrected chi connectivity index (χ3v) is 9.53. The zero-order chi connectivity index (χ0) is 23.7. The summed E-state index contributed by atoms with van der Waals surface area (Å²) in [7, 11) is 1.45. The van der Waals surface area contributed by atoms with Crippen molar-refractivity contribution in [2.75, 3.05) is 31.6 Å². The fraction of sp³-hybridized carbons (Fsp3) is 0.692. The van der Waals surface area contributed by atoms with E-state index in [1.54, 1.807) is 12.1 Å². The molecule has 1 spiro atoms. The van der Waals surface area contributed by atoms with Crippen LogP contribution in [0.3, 0.4) is 0 Å². The number of aliphatic hydroxyl groups excluding tert-OH is 1. The van der Waals surface area contributed by atoms with Gasteiger partial charge in [0.25, 0.3) is 0 Å². The summed E-state index contributed by atoms with van der Waals surface area (Å²) in [6, 6.07) is 4.47. The first kappa shape index (κ1) is 22.1. The highest BCUT2D eigenvalue weighted by atomic mass is 19.1. The second kappa shape index (κ2) is 7.83. The summed E-state index contributed by atoms with van der Waals surface area (Å²) in [6.07, 6.45) is 6.84. The van der Waals surface area contributed by atoms with Gasteiger partial charge in [-0.25, -0.2) is 9.18 Å². The minimum absolute atomic E-state index is 0.0807. The predicted octanol–water partition coefficient (Wildman–Crippen LogP) is 3.30. The Morgan fingerprint density at radius 2 is 1.94 bits per heavy atom. The van der Waals surface area contributed by atoms with E-state index in [0.29, 0.717) is 36.5 Å². The maximum atomic E-state index is 15.0. The Kier molecular flexibility index (Phi) is 5.10. The number of anilines is 1. The number of hydrogen-bond donors (Lipinski definition) is 2. The van der Waals surface area contributed by atoms with E-state index in [0.717, 1.165) is 57.9 Å². The third-order valence-electron chi connectivity index (χ3n) is 9.53. The van der Waals surface area contributed by atoms with E-state index < -0.39 is 17.3 Å². The van der Waals surface area contributed by atoms with Gasteiger partial charge < -0.3 is 25.0 Å². The van der Waals surface area contributed by atoms with Crippen LogP contribution in [-0.2, 0) is 4.79 Å². The van der Waals surface area contributed by atoms with Crippen LogP contribution in [0.5, 0.6) is 5.75 Å². The Morgan fingerprint density at radius 3 is 2.65 bits per heavy atom. The number of likely N-dealkylation sites (tertiary alicyclic amines) is 1. The minimum Gasteiger partial charge on any atom is -0.410 e. The monoisotopic (exact) mass is 471 g/mol. The predicted molar refractivity (Wildman–Crippen MR) is 124 cm³/mol. The van der Waals surface area contributed by atoms with Crippen molar-refractivity contribution in [3.05, 3.63) is 24.0 Å². The number of piperidine rings is 1. The number of nitrogens with one attached hydrogen (secondary N) is 1. The van der Waals surface area contributed by atoms with E-state index in [-0.39, 0.29) is 23.3 Å². The zero-order valence-electron chi connectivity index (χ0n) is 19.8. The van der Waals surface area contributed by atoms with Crippen molar-refractivity contribution in [3.63, 3.8) is 0 Å². The van der Waals surface area contributed by atoms with E-state index >= 15 is 4.39 Å². The summed E-state index contributed by atoms with van der Waals surface area (Å²) in [5.41, 5.74) is -0.0976. The number of carbonyl (C=O) groups is 2. The molecule has 2 aliphatic heterocycles. The number of hydrogen-bond acceptors (Lipinski definition) is 5. The standard InChI is InChI=1S/C26H34FN3O4/c1-28-24(33)34-19-3-4-21(20(27)11-19)29-7-2-5-25(15-29)6-8-30(23(25)32)26-12-16-9-17(13-26)22(31)18(10-16)14-26/h3-4,11,16-18,22,31H,2,5-10,12-15H2,1H3,(H,28,33). The fourth-order valence-corrected chi connectivity index (χ4v) is 8.24. The van der Waals surface area contributed by atoms with Gasteiger partial charge in [-0.3, -0.25) is 4.79 Å². The Hall–Kier alpha value is -2.35. The van der Waals surface area contributed by atoms with E-state index in [1.807, 2.05) is 4.90 Å². The molecule has 184 valence electrons. The molecule has 3 unspecified atom stereocenters. The maximum Gasteiger partial charge on any atom is 0.412 e. The SMILES string of the molecule is CNC(=O)Oc1ccc(N2CCCC3(CCN(C45CC6CC(C4)C(O)C(C6)C5)C3=O)C2)c(F)c1. The summed E-state index contributed by atoms with van der Waals surface area (Å²) in [5, 5.41) is 13.0. The molecule has 2 saturated heterocycles. The van der Waals surface area contributed by atoms with Crippen LogP contribution in [-0.4, -0.2) is 60.3 Å². The van der Waals surface area contributed by atoms with Crippen molar-refractivity contribution < 1.29 is 23.8 Å². The number of amides is 2. The smallest absolute Gasteiger partial charge is 0.410 e. The number of carbonyl (C=O) groups excluding carboxylic acids is 2. The largest absolute Gasteiger partial charge is 0.412 e. The lowest BCUT2D eigenvalue weighted by Crippen LogP contribution is -2.65. The molecule has 1 aromatic rings. The minimum atomic E-state index is -0.641. The van der Waals surface area contributed by atoms with E-state index in [1.165, 1.54) is 13.1 Å². The Balaban J connectivity index is 1.21. The fourth-order valence-electron chi connectivity index (χ4n) is 8.24. The van der Waals surface area contributed by atoms with E-state index in [4.69, 9.17) is 4.74 Å². The molecule has 2 amide bonds. The summed E-state index contributed by atoms with van der Waals surface area (Å²) in [4.78, 5) is 29.7. The quantitative estimate of drug-likeness (QED) is 0.707. The number of aliphatic hydroxyl groups is 1. The van der Waals surface area contributed by atoms with Crippen molar-refractivity contribution in [2.45, 2.75) is 63.0 Å². The van der Waals surface area contributed by atoms with Gasteiger partial charge in [0.2, 0.25) is 5.91 Å². The molecule has 0 radical (unpaired) electrons. The van der Waals surface area contributed by atoms with Crippen molar-refractivity contribution in [3.8, 4) is 5.75 Å². The average Bonchev–Trinajstić information content (AvgIpc) is 3.12. The lowest BCUT2D eigenvalue weighted by Gasteiger charge is -2.61. The first-order chi connectivity index (χ1) is 16.3. The van der Waals surface area contributed by atoms with Gasteiger partial charge in [-0.15, -0.1) is 0 Å². The van der Waals surface area contributed by atoms with E-state index in [2.05, 4.69) is 10.2 Å². The van der Waals surface area contributed by atoms with Crippen molar-refractivity contribution in [1.82, 2.24) is 10.2 Å². The molecule has 6 aliphatic rings. The number of ether oxygens (including phenoxy) is 1. The molecule has 4 bridgehead atoms. The molecular weight excluding hydrogens is 437 g/mol. The van der Waals surface area contributed by atoms with Gasteiger partial charge in [-0.05, 0) is 81.3 Å². The van der Waals surface area contributed by atoms with Crippen LogP contribution < -0.4 is 15.0 Å². The Bertz CT molecular complexity index is 1000. The van der Waals surface area contributed by atoms with Crippen LogP contribution in [0.2, 0.25) is 0 Å². The highest BCUT2D eigenvalue weighted by molar-refractivity contribution is 5.87. The van der Waals surface area contributed by atoms with Gasteiger partial charge in [0, 0.05) is 38.3 Å². The zero-order valence-corrected chi connectivity index (χ0v) is 19.8. The first-order valence-electron chi connectivity index (χ1n) is 12.8. The van der Waals surface area contributed by atoms with Crippen LogP contribution in [0.4, 0.5) is 14.9 Å².